The van der Waals surface area contributed by atoms with E-state index in [2.05, 4.69) is 5.32 Å². The number of carbonyl (C=O) groups is 2. The van der Waals surface area contributed by atoms with Crippen molar-refractivity contribution < 1.29 is 19.1 Å². The Hall–Kier alpha value is -2.08. The summed E-state index contributed by atoms with van der Waals surface area (Å²) in [7, 11) is 0. The molecule has 0 unspecified atom stereocenters. The minimum atomic E-state index is -0.900. The van der Waals surface area contributed by atoms with Crippen LogP contribution in [0, 0.1) is 0 Å². The number of hydrogen-bond donors (Lipinski definition) is 1. The first kappa shape index (κ1) is 13.9. The third-order valence-corrected chi connectivity index (χ3v) is 3.68. The maximum Gasteiger partial charge on any atom is 0.268 e. The average molecular weight is 290 g/mol. The molecule has 2 aliphatic heterocycles. The van der Waals surface area contributed by atoms with Crippen LogP contribution in [-0.2, 0) is 9.53 Å². The fourth-order valence-electron chi connectivity index (χ4n) is 2.39. The van der Waals surface area contributed by atoms with Gasteiger partial charge in [-0.2, -0.15) is 0 Å². The van der Waals surface area contributed by atoms with E-state index in [1.807, 2.05) is 0 Å². The molecule has 2 aliphatic rings. The number of rotatable bonds is 1. The number of fused-ring (bicyclic) bond motifs is 1. The van der Waals surface area contributed by atoms with Crippen LogP contribution in [0.2, 0.25) is 0 Å². The number of amides is 2. The molecular weight excluding hydrogens is 272 g/mol. The highest BCUT2D eigenvalue weighted by Crippen LogP contribution is 2.34. The SMILES string of the molecule is CC1(C)Oc2ccc(C(=O)N3CCOCC3)cc2NC1=O. The molecule has 1 aromatic carbocycles. The van der Waals surface area contributed by atoms with Crippen molar-refractivity contribution in [2.75, 3.05) is 31.6 Å². The normalized spacial score (nSPS) is 20.3. The third kappa shape index (κ3) is 2.58. The summed E-state index contributed by atoms with van der Waals surface area (Å²) >= 11 is 0. The van der Waals surface area contributed by atoms with Crippen LogP contribution in [0.5, 0.6) is 5.75 Å². The van der Waals surface area contributed by atoms with Crippen LogP contribution in [-0.4, -0.2) is 48.6 Å². The Kier molecular flexibility index (Phi) is 3.33. The molecule has 6 heteroatoms. The van der Waals surface area contributed by atoms with Crippen LogP contribution in [0.15, 0.2) is 18.2 Å². The fraction of sp³-hybridized carbons (Fsp3) is 0.467. The molecule has 1 N–H and O–H groups in total. The van der Waals surface area contributed by atoms with E-state index in [-0.39, 0.29) is 11.8 Å². The number of benzene rings is 1. The van der Waals surface area contributed by atoms with Gasteiger partial charge in [0.05, 0.1) is 18.9 Å². The van der Waals surface area contributed by atoms with Crippen molar-refractivity contribution in [3.63, 3.8) is 0 Å². The van der Waals surface area contributed by atoms with Gasteiger partial charge < -0.3 is 19.7 Å². The molecule has 1 aromatic rings. The summed E-state index contributed by atoms with van der Waals surface area (Å²) in [4.78, 5) is 26.1. The molecule has 6 nitrogen and oxygen atoms in total. The van der Waals surface area contributed by atoms with E-state index in [0.29, 0.717) is 43.3 Å². The Morgan fingerprint density at radius 2 is 2.00 bits per heavy atom. The van der Waals surface area contributed by atoms with Crippen molar-refractivity contribution in [2.24, 2.45) is 0 Å². The van der Waals surface area contributed by atoms with Crippen molar-refractivity contribution in [2.45, 2.75) is 19.4 Å². The van der Waals surface area contributed by atoms with Gasteiger partial charge >= 0.3 is 0 Å². The van der Waals surface area contributed by atoms with Gasteiger partial charge in [0.25, 0.3) is 11.8 Å². The van der Waals surface area contributed by atoms with Crippen LogP contribution in [0.4, 0.5) is 5.69 Å². The summed E-state index contributed by atoms with van der Waals surface area (Å²) in [6.45, 7) is 5.71. The van der Waals surface area contributed by atoms with E-state index >= 15 is 0 Å². The molecule has 0 spiro atoms. The third-order valence-electron chi connectivity index (χ3n) is 3.68. The second-order valence-corrected chi connectivity index (χ2v) is 5.68. The molecule has 112 valence electrons. The van der Waals surface area contributed by atoms with Crippen molar-refractivity contribution in [1.29, 1.82) is 0 Å². The highest BCUT2D eigenvalue weighted by molar-refractivity contribution is 6.02. The predicted octanol–water partition coefficient (Wildman–Crippen LogP) is 1.27. The molecule has 21 heavy (non-hydrogen) atoms. The number of hydrogen-bond acceptors (Lipinski definition) is 4. The Bertz CT molecular complexity index is 591. The monoisotopic (exact) mass is 290 g/mol. The minimum absolute atomic E-state index is 0.0554. The van der Waals surface area contributed by atoms with Crippen LogP contribution in [0.25, 0.3) is 0 Å². The Balaban J connectivity index is 1.85. The summed E-state index contributed by atoms with van der Waals surface area (Å²) in [6.07, 6.45) is 0. The minimum Gasteiger partial charge on any atom is -0.476 e. The molecule has 0 bridgehead atoms. The standard InChI is InChI=1S/C15H18N2O4/c1-15(2)14(19)16-11-9-10(3-4-12(11)21-15)13(18)17-5-7-20-8-6-17/h3-4,9H,5-8H2,1-2H3,(H,16,19). The van der Waals surface area contributed by atoms with Crippen LogP contribution in [0.1, 0.15) is 24.2 Å². The van der Waals surface area contributed by atoms with Crippen molar-refractivity contribution in [3.8, 4) is 5.75 Å². The number of nitrogens with one attached hydrogen (secondary N) is 1. The summed E-state index contributed by atoms with van der Waals surface area (Å²) in [5.41, 5.74) is 0.181. The van der Waals surface area contributed by atoms with E-state index in [0.717, 1.165) is 0 Å². The summed E-state index contributed by atoms with van der Waals surface area (Å²) in [5, 5.41) is 2.79. The lowest BCUT2D eigenvalue weighted by molar-refractivity contribution is -0.129. The first-order valence-corrected chi connectivity index (χ1v) is 6.99. The Morgan fingerprint density at radius 1 is 1.29 bits per heavy atom. The lowest BCUT2D eigenvalue weighted by Crippen LogP contribution is -2.45. The predicted molar refractivity (Wildman–Crippen MR) is 76.5 cm³/mol. The molecule has 2 heterocycles. The summed E-state index contributed by atoms with van der Waals surface area (Å²) in [5.74, 6) is 0.310. The molecule has 2 amide bonds. The smallest absolute Gasteiger partial charge is 0.268 e. The zero-order valence-electron chi connectivity index (χ0n) is 12.1. The zero-order valence-corrected chi connectivity index (χ0v) is 12.1. The van der Waals surface area contributed by atoms with E-state index < -0.39 is 5.60 Å². The molecule has 1 fully saturated rings. The molecule has 0 saturated carbocycles. The summed E-state index contributed by atoms with van der Waals surface area (Å²) in [6, 6.07) is 5.12. The van der Waals surface area contributed by atoms with Gasteiger partial charge in [-0.3, -0.25) is 9.59 Å². The molecular formula is C15H18N2O4. The second kappa shape index (κ2) is 5.04. The van der Waals surface area contributed by atoms with E-state index in [1.54, 1.807) is 36.9 Å². The Labute approximate surface area is 123 Å². The molecule has 0 aliphatic carbocycles. The second-order valence-electron chi connectivity index (χ2n) is 5.68. The number of anilines is 1. The first-order valence-electron chi connectivity index (χ1n) is 6.99. The molecule has 0 atom stereocenters. The summed E-state index contributed by atoms with van der Waals surface area (Å²) < 4.78 is 10.9. The van der Waals surface area contributed by atoms with Gasteiger partial charge in [0.2, 0.25) is 0 Å². The van der Waals surface area contributed by atoms with Gasteiger partial charge in [0.1, 0.15) is 5.75 Å². The molecule has 1 saturated heterocycles. The first-order chi connectivity index (χ1) is 9.97. The number of ether oxygens (including phenoxy) is 2. The van der Waals surface area contributed by atoms with Crippen molar-refractivity contribution in [3.05, 3.63) is 23.8 Å². The topological polar surface area (TPSA) is 67.9 Å². The lowest BCUT2D eigenvalue weighted by Gasteiger charge is -2.32. The average Bonchev–Trinajstić information content (AvgIpc) is 2.48. The number of carbonyl (C=O) groups excluding carboxylic acids is 2. The van der Waals surface area contributed by atoms with E-state index in [9.17, 15) is 9.59 Å². The van der Waals surface area contributed by atoms with Gasteiger partial charge in [-0.1, -0.05) is 0 Å². The Morgan fingerprint density at radius 3 is 2.71 bits per heavy atom. The lowest BCUT2D eigenvalue weighted by atomic mass is 10.0. The fourth-order valence-corrected chi connectivity index (χ4v) is 2.39. The van der Waals surface area contributed by atoms with Crippen molar-refractivity contribution in [1.82, 2.24) is 4.90 Å². The van der Waals surface area contributed by atoms with Crippen LogP contribution in [0.3, 0.4) is 0 Å². The quantitative estimate of drug-likeness (QED) is 0.845. The van der Waals surface area contributed by atoms with E-state index in [1.165, 1.54) is 0 Å². The highest BCUT2D eigenvalue weighted by atomic mass is 16.5. The number of nitrogens with zero attached hydrogens (tertiary/aromatic N) is 1. The molecule has 3 rings (SSSR count). The van der Waals surface area contributed by atoms with E-state index in [4.69, 9.17) is 9.47 Å². The number of morpholine rings is 1. The maximum atomic E-state index is 12.4. The van der Waals surface area contributed by atoms with Gasteiger partial charge in [-0.15, -0.1) is 0 Å². The van der Waals surface area contributed by atoms with Crippen molar-refractivity contribution >= 4 is 17.5 Å². The van der Waals surface area contributed by atoms with Gasteiger partial charge in [-0.05, 0) is 32.0 Å². The highest BCUT2D eigenvalue weighted by Gasteiger charge is 2.35. The van der Waals surface area contributed by atoms with Crippen LogP contribution >= 0.6 is 0 Å². The van der Waals surface area contributed by atoms with Gasteiger partial charge in [0.15, 0.2) is 5.60 Å². The largest absolute Gasteiger partial charge is 0.476 e. The maximum absolute atomic E-state index is 12.4. The molecule has 0 radical (unpaired) electrons. The van der Waals surface area contributed by atoms with Gasteiger partial charge in [-0.25, -0.2) is 0 Å². The zero-order chi connectivity index (χ0) is 15.0. The van der Waals surface area contributed by atoms with Crippen LogP contribution < -0.4 is 10.1 Å². The molecule has 0 aromatic heterocycles. The van der Waals surface area contributed by atoms with Gasteiger partial charge in [0, 0.05) is 18.7 Å².